The summed E-state index contributed by atoms with van der Waals surface area (Å²) < 4.78 is 12.8. The van der Waals surface area contributed by atoms with Gasteiger partial charge in [0, 0.05) is 37.1 Å². The summed E-state index contributed by atoms with van der Waals surface area (Å²) in [6.45, 7) is 4.93. The standard InChI is InChI=1S/C16H21ClN2O2/c1-10-6-12(11(2)19(10)3)9-18-14-8-15(20-4)13(17)7-16(14)21-5/h6-8,18H,9H2,1-5H3. The molecule has 0 bridgehead atoms. The van der Waals surface area contributed by atoms with E-state index in [0.29, 0.717) is 23.1 Å². The first kappa shape index (κ1) is 15.6. The lowest BCUT2D eigenvalue weighted by Gasteiger charge is -2.14. The number of hydrogen-bond donors (Lipinski definition) is 1. The monoisotopic (exact) mass is 308 g/mol. The van der Waals surface area contributed by atoms with Crippen molar-refractivity contribution in [2.75, 3.05) is 19.5 Å². The van der Waals surface area contributed by atoms with Gasteiger partial charge in [-0.3, -0.25) is 0 Å². The predicted octanol–water partition coefficient (Wildman–Crippen LogP) is 3.92. The van der Waals surface area contributed by atoms with Crippen LogP contribution in [0.4, 0.5) is 5.69 Å². The van der Waals surface area contributed by atoms with Crippen molar-refractivity contribution < 1.29 is 9.47 Å². The van der Waals surface area contributed by atoms with Gasteiger partial charge in [-0.25, -0.2) is 0 Å². The van der Waals surface area contributed by atoms with Crippen LogP contribution in [0.2, 0.25) is 5.02 Å². The summed E-state index contributed by atoms with van der Waals surface area (Å²) in [5.41, 5.74) is 4.61. The molecule has 2 aromatic rings. The largest absolute Gasteiger partial charge is 0.495 e. The number of nitrogens with zero attached hydrogens (tertiary/aromatic N) is 1. The highest BCUT2D eigenvalue weighted by Crippen LogP contribution is 2.36. The van der Waals surface area contributed by atoms with E-state index in [2.05, 4.69) is 36.8 Å². The second-order valence-corrected chi connectivity index (χ2v) is 5.40. The maximum Gasteiger partial charge on any atom is 0.143 e. The molecule has 1 heterocycles. The van der Waals surface area contributed by atoms with Gasteiger partial charge in [0.25, 0.3) is 0 Å². The van der Waals surface area contributed by atoms with E-state index in [1.807, 2.05) is 6.07 Å². The van der Waals surface area contributed by atoms with Gasteiger partial charge >= 0.3 is 0 Å². The maximum atomic E-state index is 6.11. The van der Waals surface area contributed by atoms with Crippen LogP contribution in [-0.4, -0.2) is 18.8 Å². The number of ether oxygens (including phenoxy) is 2. The summed E-state index contributed by atoms with van der Waals surface area (Å²) in [7, 11) is 5.30. The summed E-state index contributed by atoms with van der Waals surface area (Å²) in [5.74, 6) is 1.33. The molecule has 0 atom stereocenters. The van der Waals surface area contributed by atoms with Gasteiger partial charge in [0.1, 0.15) is 11.5 Å². The average Bonchev–Trinajstić information content (AvgIpc) is 2.72. The fraction of sp³-hybridized carbons (Fsp3) is 0.375. The van der Waals surface area contributed by atoms with Crippen LogP contribution < -0.4 is 14.8 Å². The fourth-order valence-electron chi connectivity index (χ4n) is 2.30. The summed E-state index contributed by atoms with van der Waals surface area (Å²) in [4.78, 5) is 0. The molecule has 21 heavy (non-hydrogen) atoms. The van der Waals surface area contributed by atoms with Crippen molar-refractivity contribution in [3.05, 3.63) is 40.2 Å². The Bertz CT molecular complexity index is 650. The molecule has 1 N–H and O–H groups in total. The molecule has 0 aliphatic rings. The highest BCUT2D eigenvalue weighted by molar-refractivity contribution is 6.32. The van der Waals surface area contributed by atoms with Gasteiger partial charge in [-0.2, -0.15) is 0 Å². The minimum atomic E-state index is 0.534. The average molecular weight is 309 g/mol. The van der Waals surface area contributed by atoms with E-state index in [1.54, 1.807) is 20.3 Å². The minimum absolute atomic E-state index is 0.534. The van der Waals surface area contributed by atoms with Crippen molar-refractivity contribution in [1.82, 2.24) is 4.57 Å². The van der Waals surface area contributed by atoms with Gasteiger partial charge in [0.2, 0.25) is 0 Å². The molecule has 1 aromatic heterocycles. The third-order valence-corrected chi connectivity index (χ3v) is 4.12. The van der Waals surface area contributed by atoms with Crippen LogP contribution in [0.5, 0.6) is 11.5 Å². The molecule has 114 valence electrons. The van der Waals surface area contributed by atoms with Crippen LogP contribution in [0.1, 0.15) is 17.0 Å². The molecule has 4 nitrogen and oxygen atoms in total. The second-order valence-electron chi connectivity index (χ2n) is 5.00. The predicted molar refractivity (Wildman–Crippen MR) is 86.8 cm³/mol. The van der Waals surface area contributed by atoms with Crippen LogP contribution in [0, 0.1) is 13.8 Å². The first-order chi connectivity index (χ1) is 9.97. The topological polar surface area (TPSA) is 35.4 Å². The normalized spacial score (nSPS) is 10.6. The highest BCUT2D eigenvalue weighted by Gasteiger charge is 2.11. The van der Waals surface area contributed by atoms with Gasteiger partial charge in [-0.15, -0.1) is 0 Å². The fourth-order valence-corrected chi connectivity index (χ4v) is 2.53. The number of aromatic nitrogens is 1. The Morgan fingerprint density at radius 2 is 1.76 bits per heavy atom. The van der Waals surface area contributed by atoms with Crippen LogP contribution in [0.25, 0.3) is 0 Å². The van der Waals surface area contributed by atoms with E-state index in [1.165, 1.54) is 17.0 Å². The van der Waals surface area contributed by atoms with E-state index in [0.717, 1.165) is 5.69 Å². The zero-order valence-electron chi connectivity index (χ0n) is 13.1. The van der Waals surface area contributed by atoms with Crippen molar-refractivity contribution >= 4 is 17.3 Å². The lowest BCUT2D eigenvalue weighted by molar-refractivity contribution is 0.404. The molecular formula is C16H21ClN2O2. The third-order valence-electron chi connectivity index (χ3n) is 3.82. The van der Waals surface area contributed by atoms with Crippen LogP contribution in [0.3, 0.4) is 0 Å². The molecule has 0 aliphatic carbocycles. The van der Waals surface area contributed by atoms with E-state index < -0.39 is 0 Å². The Balaban J connectivity index is 2.24. The summed E-state index contributed by atoms with van der Waals surface area (Å²) in [6.07, 6.45) is 0. The summed E-state index contributed by atoms with van der Waals surface area (Å²) in [6, 6.07) is 5.79. The van der Waals surface area contributed by atoms with Crippen molar-refractivity contribution in [3.8, 4) is 11.5 Å². The zero-order chi connectivity index (χ0) is 15.6. The molecule has 2 rings (SSSR count). The number of hydrogen-bond acceptors (Lipinski definition) is 3. The number of benzene rings is 1. The quantitative estimate of drug-likeness (QED) is 0.909. The first-order valence-corrected chi connectivity index (χ1v) is 7.13. The Kier molecular flexibility index (Phi) is 4.68. The van der Waals surface area contributed by atoms with E-state index >= 15 is 0 Å². The molecule has 0 unspecified atom stereocenters. The Morgan fingerprint density at radius 3 is 2.29 bits per heavy atom. The number of aryl methyl sites for hydroxylation is 1. The van der Waals surface area contributed by atoms with E-state index in [9.17, 15) is 0 Å². The Labute approximate surface area is 130 Å². The van der Waals surface area contributed by atoms with Crippen LogP contribution >= 0.6 is 11.6 Å². The number of methoxy groups -OCH3 is 2. The third kappa shape index (κ3) is 3.10. The lowest BCUT2D eigenvalue weighted by Crippen LogP contribution is -2.03. The van der Waals surface area contributed by atoms with Gasteiger partial charge in [-0.1, -0.05) is 11.6 Å². The van der Waals surface area contributed by atoms with Gasteiger partial charge in [-0.05, 0) is 25.5 Å². The van der Waals surface area contributed by atoms with Crippen molar-refractivity contribution in [2.24, 2.45) is 7.05 Å². The summed E-state index contributed by atoms with van der Waals surface area (Å²) in [5, 5.41) is 3.92. The number of nitrogens with one attached hydrogen (secondary N) is 1. The van der Waals surface area contributed by atoms with Crippen LogP contribution in [-0.2, 0) is 13.6 Å². The van der Waals surface area contributed by atoms with Crippen LogP contribution in [0.15, 0.2) is 18.2 Å². The molecule has 5 heteroatoms. The van der Waals surface area contributed by atoms with Crippen molar-refractivity contribution in [3.63, 3.8) is 0 Å². The lowest BCUT2D eigenvalue weighted by atomic mass is 10.2. The second kappa shape index (κ2) is 6.31. The molecule has 0 spiro atoms. The van der Waals surface area contributed by atoms with Gasteiger partial charge in [0.15, 0.2) is 0 Å². The Hall–Kier alpha value is -1.81. The molecule has 1 aromatic carbocycles. The first-order valence-electron chi connectivity index (χ1n) is 6.75. The van der Waals surface area contributed by atoms with Crippen molar-refractivity contribution in [2.45, 2.75) is 20.4 Å². The maximum absolute atomic E-state index is 6.11. The van der Waals surface area contributed by atoms with Crippen molar-refractivity contribution in [1.29, 1.82) is 0 Å². The molecule has 0 amide bonds. The smallest absolute Gasteiger partial charge is 0.143 e. The molecule has 0 radical (unpaired) electrons. The number of halogens is 1. The molecule has 0 aliphatic heterocycles. The van der Waals surface area contributed by atoms with E-state index in [-0.39, 0.29) is 0 Å². The SMILES string of the molecule is COc1cc(NCc2cc(C)n(C)c2C)c(OC)cc1Cl. The molecular weight excluding hydrogens is 288 g/mol. The Morgan fingerprint density at radius 1 is 1.10 bits per heavy atom. The van der Waals surface area contributed by atoms with Gasteiger partial charge in [0.05, 0.1) is 24.9 Å². The summed E-state index contributed by atoms with van der Waals surface area (Å²) >= 11 is 6.11. The molecule has 0 saturated heterocycles. The zero-order valence-corrected chi connectivity index (χ0v) is 13.8. The molecule has 0 fully saturated rings. The van der Waals surface area contributed by atoms with E-state index in [4.69, 9.17) is 21.1 Å². The molecule has 0 saturated carbocycles. The number of anilines is 1. The van der Waals surface area contributed by atoms with Gasteiger partial charge < -0.3 is 19.4 Å². The minimum Gasteiger partial charge on any atom is -0.495 e. The highest BCUT2D eigenvalue weighted by atomic mass is 35.5. The number of rotatable bonds is 5.